The second kappa shape index (κ2) is 3.06. The number of carbonyl (C=O) groups is 1. The summed E-state index contributed by atoms with van der Waals surface area (Å²) in [5.74, 6) is -0.318. The molecular weight excluding hydrogens is 182 g/mol. The molecule has 0 saturated heterocycles. The van der Waals surface area contributed by atoms with Crippen LogP contribution < -0.4 is 4.74 Å². The van der Waals surface area contributed by atoms with Gasteiger partial charge in [-0.2, -0.15) is 4.73 Å². The molecule has 0 unspecified atom stereocenters. The van der Waals surface area contributed by atoms with E-state index in [1.807, 2.05) is 12.1 Å². The molecule has 0 atom stereocenters. The summed E-state index contributed by atoms with van der Waals surface area (Å²) in [5.41, 5.74) is 0.615. The Labute approximate surface area is 80.3 Å². The van der Waals surface area contributed by atoms with Gasteiger partial charge in [0, 0.05) is 18.4 Å². The van der Waals surface area contributed by atoms with Crippen LogP contribution in [0.25, 0.3) is 10.9 Å². The molecule has 4 heteroatoms. The Kier molecular flexibility index (Phi) is 1.89. The number of ether oxygens (including phenoxy) is 1. The molecule has 0 amide bonds. The smallest absolute Gasteiger partial charge is 0.309 e. The lowest BCUT2D eigenvalue weighted by Crippen LogP contribution is -2.05. The van der Waals surface area contributed by atoms with Crippen molar-refractivity contribution in [1.82, 2.24) is 4.73 Å². The number of nitrogens with zero attached hydrogens (tertiary/aromatic N) is 1. The van der Waals surface area contributed by atoms with E-state index in [0.717, 1.165) is 10.1 Å². The summed E-state index contributed by atoms with van der Waals surface area (Å²) in [6, 6.07) is 8.82. The average molecular weight is 191 g/mol. The van der Waals surface area contributed by atoms with Gasteiger partial charge in [0.2, 0.25) is 5.88 Å². The van der Waals surface area contributed by atoms with Crippen molar-refractivity contribution < 1.29 is 14.7 Å². The van der Waals surface area contributed by atoms with Gasteiger partial charge in [-0.15, -0.1) is 0 Å². The lowest BCUT2D eigenvalue weighted by atomic mass is 10.3. The van der Waals surface area contributed by atoms with Crippen molar-refractivity contribution in [2.45, 2.75) is 6.92 Å². The molecule has 0 saturated carbocycles. The third-order valence-corrected chi connectivity index (χ3v) is 1.90. The van der Waals surface area contributed by atoms with Gasteiger partial charge in [0.1, 0.15) is 0 Å². The first-order valence-electron chi connectivity index (χ1n) is 4.16. The Morgan fingerprint density at radius 2 is 2.14 bits per heavy atom. The second-order valence-corrected chi connectivity index (χ2v) is 2.95. The highest BCUT2D eigenvalue weighted by Crippen LogP contribution is 2.23. The van der Waals surface area contributed by atoms with E-state index >= 15 is 0 Å². The SMILES string of the molecule is CC(=O)Oc1cc2ccccc2n1O. The monoisotopic (exact) mass is 191 g/mol. The number of hydrogen-bond acceptors (Lipinski definition) is 3. The number of esters is 1. The van der Waals surface area contributed by atoms with Gasteiger partial charge >= 0.3 is 5.97 Å². The first-order valence-corrected chi connectivity index (χ1v) is 4.16. The fourth-order valence-electron chi connectivity index (χ4n) is 1.34. The van der Waals surface area contributed by atoms with Crippen LogP contribution in [0.15, 0.2) is 30.3 Å². The van der Waals surface area contributed by atoms with E-state index in [0.29, 0.717) is 5.52 Å². The number of fused-ring (bicyclic) bond motifs is 1. The molecule has 0 aliphatic carbocycles. The zero-order valence-electron chi connectivity index (χ0n) is 7.60. The van der Waals surface area contributed by atoms with Gasteiger partial charge in [-0.25, -0.2) is 0 Å². The molecule has 1 heterocycles. The van der Waals surface area contributed by atoms with Crippen molar-refractivity contribution in [2.75, 3.05) is 0 Å². The minimum absolute atomic E-state index is 0.138. The van der Waals surface area contributed by atoms with Crippen molar-refractivity contribution >= 4 is 16.9 Å². The van der Waals surface area contributed by atoms with E-state index < -0.39 is 5.97 Å². The fraction of sp³-hybridized carbons (Fsp3) is 0.100. The molecule has 1 aromatic heterocycles. The highest BCUT2D eigenvalue weighted by atomic mass is 16.6. The maximum Gasteiger partial charge on any atom is 0.309 e. The Bertz CT molecular complexity index is 487. The molecule has 0 aliphatic heterocycles. The summed E-state index contributed by atoms with van der Waals surface area (Å²) in [4.78, 5) is 10.7. The van der Waals surface area contributed by atoms with E-state index in [1.165, 1.54) is 6.92 Å². The average Bonchev–Trinajstić information content (AvgIpc) is 2.44. The van der Waals surface area contributed by atoms with Crippen molar-refractivity contribution in [3.05, 3.63) is 30.3 Å². The molecule has 1 aromatic carbocycles. The Morgan fingerprint density at radius 1 is 1.43 bits per heavy atom. The summed E-state index contributed by atoms with van der Waals surface area (Å²) in [6.07, 6.45) is 0. The topological polar surface area (TPSA) is 51.5 Å². The van der Waals surface area contributed by atoms with Crippen LogP contribution in [-0.2, 0) is 4.79 Å². The minimum atomic E-state index is -0.455. The number of para-hydroxylation sites is 1. The molecule has 2 rings (SSSR count). The van der Waals surface area contributed by atoms with Gasteiger partial charge in [-0.1, -0.05) is 18.2 Å². The molecule has 2 aromatic rings. The third kappa shape index (κ3) is 1.31. The minimum Gasteiger partial charge on any atom is -0.425 e. The number of aromatic nitrogens is 1. The van der Waals surface area contributed by atoms with E-state index in [-0.39, 0.29) is 5.88 Å². The van der Waals surface area contributed by atoms with Crippen molar-refractivity contribution in [1.29, 1.82) is 0 Å². The Balaban J connectivity index is 2.57. The van der Waals surface area contributed by atoms with Gasteiger partial charge in [0.05, 0.1) is 5.52 Å². The Morgan fingerprint density at radius 3 is 2.79 bits per heavy atom. The molecular formula is C10H9NO3. The maximum absolute atomic E-state index is 10.7. The number of benzene rings is 1. The van der Waals surface area contributed by atoms with Crippen LogP contribution in [0, 0.1) is 0 Å². The molecule has 0 fully saturated rings. The van der Waals surface area contributed by atoms with Crippen molar-refractivity contribution in [2.24, 2.45) is 0 Å². The molecule has 14 heavy (non-hydrogen) atoms. The number of hydrogen-bond donors (Lipinski definition) is 1. The normalized spacial score (nSPS) is 10.4. The van der Waals surface area contributed by atoms with Gasteiger partial charge < -0.3 is 9.94 Å². The summed E-state index contributed by atoms with van der Waals surface area (Å²) in [6.45, 7) is 1.29. The van der Waals surface area contributed by atoms with Crippen LogP contribution in [0.3, 0.4) is 0 Å². The predicted octanol–water partition coefficient (Wildman–Crippen LogP) is 1.80. The van der Waals surface area contributed by atoms with Gasteiger partial charge in [-0.05, 0) is 6.07 Å². The van der Waals surface area contributed by atoms with Crippen LogP contribution in [0.2, 0.25) is 0 Å². The first-order chi connectivity index (χ1) is 6.68. The third-order valence-electron chi connectivity index (χ3n) is 1.90. The Hall–Kier alpha value is -1.97. The molecule has 4 nitrogen and oxygen atoms in total. The largest absolute Gasteiger partial charge is 0.425 e. The molecule has 0 radical (unpaired) electrons. The van der Waals surface area contributed by atoms with Crippen molar-refractivity contribution in [3.8, 4) is 5.88 Å². The fourth-order valence-corrected chi connectivity index (χ4v) is 1.34. The summed E-state index contributed by atoms with van der Waals surface area (Å²) in [7, 11) is 0. The summed E-state index contributed by atoms with van der Waals surface area (Å²) in [5, 5.41) is 10.4. The maximum atomic E-state index is 10.7. The van der Waals surface area contributed by atoms with E-state index in [1.54, 1.807) is 18.2 Å². The second-order valence-electron chi connectivity index (χ2n) is 2.95. The molecule has 72 valence electrons. The summed E-state index contributed by atoms with van der Waals surface area (Å²) < 4.78 is 5.66. The number of rotatable bonds is 1. The zero-order chi connectivity index (χ0) is 10.1. The van der Waals surface area contributed by atoms with Crippen LogP contribution in [-0.4, -0.2) is 15.9 Å². The zero-order valence-corrected chi connectivity index (χ0v) is 7.60. The van der Waals surface area contributed by atoms with Crippen LogP contribution in [0.4, 0.5) is 0 Å². The molecule has 1 N–H and O–H groups in total. The van der Waals surface area contributed by atoms with E-state index in [2.05, 4.69) is 0 Å². The van der Waals surface area contributed by atoms with Gasteiger partial charge in [0.15, 0.2) is 0 Å². The summed E-state index contributed by atoms with van der Waals surface area (Å²) >= 11 is 0. The van der Waals surface area contributed by atoms with Crippen molar-refractivity contribution in [3.63, 3.8) is 0 Å². The first kappa shape index (κ1) is 8.62. The highest BCUT2D eigenvalue weighted by Gasteiger charge is 2.09. The molecule has 0 bridgehead atoms. The molecule has 0 aliphatic rings. The van der Waals surface area contributed by atoms with Crippen LogP contribution in [0.1, 0.15) is 6.92 Å². The lowest BCUT2D eigenvalue weighted by Gasteiger charge is -2.00. The highest BCUT2D eigenvalue weighted by molar-refractivity contribution is 5.83. The number of carbonyl (C=O) groups excluding carboxylic acids is 1. The van der Waals surface area contributed by atoms with E-state index in [9.17, 15) is 10.0 Å². The predicted molar refractivity (Wildman–Crippen MR) is 50.4 cm³/mol. The van der Waals surface area contributed by atoms with E-state index in [4.69, 9.17) is 4.74 Å². The van der Waals surface area contributed by atoms with Gasteiger partial charge in [0.25, 0.3) is 0 Å². The standard InChI is InChI=1S/C10H9NO3/c1-7(12)14-10-6-8-4-2-3-5-9(8)11(10)13/h2-6,13H,1H3. The quantitative estimate of drug-likeness (QED) is 0.552. The molecule has 0 spiro atoms. The lowest BCUT2D eigenvalue weighted by molar-refractivity contribution is -0.132. The van der Waals surface area contributed by atoms with Crippen LogP contribution >= 0.6 is 0 Å². The van der Waals surface area contributed by atoms with Gasteiger partial charge in [-0.3, -0.25) is 4.79 Å². The van der Waals surface area contributed by atoms with Crippen LogP contribution in [0.5, 0.6) is 5.88 Å².